The van der Waals surface area contributed by atoms with Gasteiger partial charge in [-0.3, -0.25) is 4.99 Å². The average molecular weight is 364 g/mol. The van der Waals surface area contributed by atoms with Gasteiger partial charge < -0.3 is 0 Å². The largest absolute Gasteiger partial charge is 0.279 e. The summed E-state index contributed by atoms with van der Waals surface area (Å²) in [5.74, 6) is 0. The molecule has 74 valence electrons. The number of aryl methyl sites for hydroxylation is 1. The monoisotopic (exact) mass is 363 g/mol. The van der Waals surface area contributed by atoms with Crippen LogP contribution in [0.3, 0.4) is 0 Å². The Kier molecular flexibility index (Phi) is 3.60. The molecule has 3 heteroatoms. The molecule has 1 aliphatic carbocycles. The topological polar surface area (TPSA) is 12.4 Å². The molecule has 0 radical (unpaired) electrons. The standard InChI is InChI=1S/C11H11BrIN/c12-9-5-4-8-2-1-3-11(14-7-13)10(8)6-9/h4-7,11H,1-3H2/t11-/m0/s1. The first-order chi connectivity index (χ1) is 6.81. The summed E-state index contributed by atoms with van der Waals surface area (Å²) < 4.78 is 3.05. The lowest BCUT2D eigenvalue weighted by atomic mass is 9.88. The lowest BCUT2D eigenvalue weighted by Crippen LogP contribution is -2.07. The van der Waals surface area contributed by atoms with E-state index in [1.807, 2.05) is 4.22 Å². The molecule has 0 saturated heterocycles. The minimum absolute atomic E-state index is 0.383. The number of hydrogen-bond acceptors (Lipinski definition) is 1. The molecule has 0 bridgehead atoms. The number of hydrogen-bond donors (Lipinski definition) is 0. The normalized spacial score (nSPS) is 21.1. The van der Waals surface area contributed by atoms with E-state index in [1.165, 1.54) is 30.4 Å². The molecule has 0 aliphatic heterocycles. The molecule has 0 fully saturated rings. The number of benzene rings is 1. The highest BCUT2D eigenvalue weighted by atomic mass is 127. The molecule has 1 nitrogen and oxygen atoms in total. The summed E-state index contributed by atoms with van der Waals surface area (Å²) in [4.78, 5) is 4.51. The molecular weight excluding hydrogens is 353 g/mol. The van der Waals surface area contributed by atoms with Gasteiger partial charge in [-0.15, -0.1) is 0 Å². The van der Waals surface area contributed by atoms with Crippen LogP contribution in [0.15, 0.2) is 27.7 Å². The zero-order valence-electron chi connectivity index (χ0n) is 7.71. The predicted molar refractivity (Wildman–Crippen MR) is 72.3 cm³/mol. The Morgan fingerprint density at radius 1 is 1.50 bits per heavy atom. The Morgan fingerprint density at radius 3 is 3.14 bits per heavy atom. The second-order valence-electron chi connectivity index (χ2n) is 3.50. The summed E-state index contributed by atoms with van der Waals surface area (Å²) in [5.41, 5.74) is 2.87. The smallest absolute Gasteiger partial charge is 0.0757 e. The lowest BCUT2D eigenvalue weighted by molar-refractivity contribution is 0.575. The third-order valence-electron chi connectivity index (χ3n) is 2.63. The van der Waals surface area contributed by atoms with Gasteiger partial charge in [0.15, 0.2) is 0 Å². The third-order valence-corrected chi connectivity index (χ3v) is 3.44. The molecule has 0 heterocycles. The number of rotatable bonds is 1. The molecule has 0 saturated carbocycles. The zero-order valence-corrected chi connectivity index (χ0v) is 11.5. The quantitative estimate of drug-likeness (QED) is 0.521. The van der Waals surface area contributed by atoms with Crippen molar-refractivity contribution in [3.8, 4) is 0 Å². The van der Waals surface area contributed by atoms with E-state index >= 15 is 0 Å². The Labute approximate surface area is 106 Å². The molecule has 1 aliphatic rings. The van der Waals surface area contributed by atoms with Crippen LogP contribution in [0.2, 0.25) is 0 Å². The maximum atomic E-state index is 4.51. The van der Waals surface area contributed by atoms with Crippen LogP contribution < -0.4 is 0 Å². The maximum Gasteiger partial charge on any atom is 0.0757 e. The molecule has 0 N–H and O–H groups in total. The predicted octanol–water partition coefficient (Wildman–Crippen LogP) is 4.29. The van der Waals surface area contributed by atoms with Crippen LogP contribution in [0.5, 0.6) is 0 Å². The molecular formula is C11H11BrIN. The van der Waals surface area contributed by atoms with E-state index in [-0.39, 0.29) is 0 Å². The van der Waals surface area contributed by atoms with E-state index in [4.69, 9.17) is 0 Å². The highest BCUT2D eigenvalue weighted by Crippen LogP contribution is 2.34. The fourth-order valence-corrected chi connectivity index (χ4v) is 2.73. The number of aliphatic imine (C=N–C) groups is 1. The average Bonchev–Trinajstić information content (AvgIpc) is 2.19. The van der Waals surface area contributed by atoms with Crippen molar-refractivity contribution in [3.63, 3.8) is 0 Å². The minimum Gasteiger partial charge on any atom is -0.279 e. The summed E-state index contributed by atoms with van der Waals surface area (Å²) in [6, 6.07) is 6.93. The van der Waals surface area contributed by atoms with Crippen molar-refractivity contribution >= 4 is 42.7 Å². The lowest BCUT2D eigenvalue weighted by Gasteiger charge is -2.22. The van der Waals surface area contributed by atoms with Crippen molar-refractivity contribution in [2.75, 3.05) is 0 Å². The van der Waals surface area contributed by atoms with Gasteiger partial charge in [0, 0.05) is 4.47 Å². The summed E-state index contributed by atoms with van der Waals surface area (Å²) in [7, 11) is 0. The van der Waals surface area contributed by atoms with Gasteiger partial charge in [0.25, 0.3) is 0 Å². The second kappa shape index (κ2) is 4.75. The maximum absolute atomic E-state index is 4.51. The molecule has 0 amide bonds. The second-order valence-corrected chi connectivity index (χ2v) is 4.97. The number of nitrogens with zero attached hydrogens (tertiary/aromatic N) is 1. The Hall–Kier alpha value is 0.100. The van der Waals surface area contributed by atoms with Gasteiger partial charge in [0.2, 0.25) is 0 Å². The van der Waals surface area contributed by atoms with Crippen molar-refractivity contribution in [1.82, 2.24) is 0 Å². The van der Waals surface area contributed by atoms with Crippen LogP contribution in [0.25, 0.3) is 0 Å². The van der Waals surface area contributed by atoms with E-state index in [9.17, 15) is 0 Å². The van der Waals surface area contributed by atoms with E-state index in [0.29, 0.717) is 6.04 Å². The SMILES string of the molecule is Brc1ccc2c(c1)[C@@H](N=CI)CCC2. The molecule has 0 aromatic heterocycles. The minimum atomic E-state index is 0.383. The van der Waals surface area contributed by atoms with Gasteiger partial charge in [-0.05, 0) is 65.1 Å². The van der Waals surface area contributed by atoms with Gasteiger partial charge >= 0.3 is 0 Å². The Balaban J connectivity index is 2.41. The fourth-order valence-electron chi connectivity index (χ4n) is 1.97. The molecule has 1 aromatic rings. The van der Waals surface area contributed by atoms with Crippen LogP contribution in [-0.4, -0.2) is 4.22 Å². The van der Waals surface area contributed by atoms with Gasteiger partial charge in [-0.2, -0.15) is 0 Å². The first-order valence-corrected chi connectivity index (χ1v) is 6.75. The zero-order chi connectivity index (χ0) is 9.97. The van der Waals surface area contributed by atoms with Gasteiger partial charge in [0.05, 0.1) is 10.3 Å². The van der Waals surface area contributed by atoms with Crippen molar-refractivity contribution in [1.29, 1.82) is 0 Å². The molecule has 0 spiro atoms. The van der Waals surface area contributed by atoms with Crippen LogP contribution in [0.1, 0.15) is 30.0 Å². The molecule has 14 heavy (non-hydrogen) atoms. The van der Waals surface area contributed by atoms with Crippen LogP contribution >= 0.6 is 38.5 Å². The highest BCUT2D eigenvalue weighted by molar-refractivity contribution is 14.1. The van der Waals surface area contributed by atoms with Gasteiger partial charge in [-0.25, -0.2) is 0 Å². The Bertz CT molecular complexity index is 362. The van der Waals surface area contributed by atoms with Crippen LogP contribution in [-0.2, 0) is 6.42 Å². The number of halogens is 2. The first kappa shape index (κ1) is 10.6. The van der Waals surface area contributed by atoms with E-state index < -0.39 is 0 Å². The van der Waals surface area contributed by atoms with Crippen molar-refractivity contribution in [3.05, 3.63) is 33.8 Å². The van der Waals surface area contributed by atoms with Crippen molar-refractivity contribution < 1.29 is 0 Å². The van der Waals surface area contributed by atoms with Crippen LogP contribution in [0.4, 0.5) is 0 Å². The molecule has 1 atom stereocenters. The first-order valence-electron chi connectivity index (χ1n) is 4.71. The molecule has 1 aromatic carbocycles. The summed E-state index contributed by atoms with van der Waals surface area (Å²) in [5, 5.41) is 0. The third kappa shape index (κ3) is 2.19. The van der Waals surface area contributed by atoms with E-state index in [0.717, 1.165) is 4.47 Å². The Morgan fingerprint density at radius 2 is 2.36 bits per heavy atom. The van der Waals surface area contributed by atoms with E-state index in [1.54, 1.807) is 0 Å². The number of fused-ring (bicyclic) bond motifs is 1. The summed E-state index contributed by atoms with van der Waals surface area (Å²) >= 11 is 5.71. The fraction of sp³-hybridized carbons (Fsp3) is 0.364. The van der Waals surface area contributed by atoms with Gasteiger partial charge in [0.1, 0.15) is 0 Å². The van der Waals surface area contributed by atoms with Crippen molar-refractivity contribution in [2.24, 2.45) is 4.99 Å². The van der Waals surface area contributed by atoms with E-state index in [2.05, 4.69) is 61.7 Å². The van der Waals surface area contributed by atoms with Crippen LogP contribution in [0, 0.1) is 0 Å². The summed E-state index contributed by atoms with van der Waals surface area (Å²) in [6.07, 6.45) is 3.64. The molecule has 0 unspecified atom stereocenters. The van der Waals surface area contributed by atoms with Crippen molar-refractivity contribution in [2.45, 2.75) is 25.3 Å². The van der Waals surface area contributed by atoms with Gasteiger partial charge in [-0.1, -0.05) is 22.0 Å². The molecule has 2 rings (SSSR count). The summed E-state index contributed by atoms with van der Waals surface area (Å²) in [6.45, 7) is 0. The highest BCUT2D eigenvalue weighted by Gasteiger charge is 2.18.